The lowest BCUT2D eigenvalue weighted by molar-refractivity contribution is -0.122. The van der Waals surface area contributed by atoms with Gasteiger partial charge in [0.05, 0.1) is 12.6 Å². The van der Waals surface area contributed by atoms with Gasteiger partial charge in [0.25, 0.3) is 0 Å². The Morgan fingerprint density at radius 3 is 2.32 bits per heavy atom. The molecule has 3 nitrogen and oxygen atoms in total. The molecule has 0 unspecified atom stereocenters. The number of carbonyl (C=O) groups excluding carboxylic acids is 1. The van der Waals surface area contributed by atoms with Crippen LogP contribution in [0.15, 0.2) is 53.4 Å². The first-order valence-electron chi connectivity index (χ1n) is 8.69. The SMILES string of the molecule is CC[C@@H](NC(=O)CN(C)Cc1ccc(SC)cc1)c1ccc(C)cc1. The number of nitrogens with zero attached hydrogens (tertiary/aromatic N) is 1. The van der Waals surface area contributed by atoms with Crippen LogP contribution in [0.2, 0.25) is 0 Å². The minimum absolute atomic E-state index is 0.0654. The van der Waals surface area contributed by atoms with E-state index in [1.807, 2.05) is 11.9 Å². The molecule has 0 saturated heterocycles. The molecule has 134 valence electrons. The highest BCUT2D eigenvalue weighted by Crippen LogP contribution is 2.18. The fourth-order valence-electron chi connectivity index (χ4n) is 2.80. The highest BCUT2D eigenvalue weighted by atomic mass is 32.2. The molecule has 1 amide bonds. The van der Waals surface area contributed by atoms with E-state index in [0.717, 1.165) is 18.5 Å². The van der Waals surface area contributed by atoms with Crippen molar-refractivity contribution in [3.8, 4) is 0 Å². The van der Waals surface area contributed by atoms with Gasteiger partial charge in [0.2, 0.25) is 5.91 Å². The predicted molar refractivity (Wildman–Crippen MR) is 107 cm³/mol. The summed E-state index contributed by atoms with van der Waals surface area (Å²) in [7, 11) is 1.98. The maximum Gasteiger partial charge on any atom is 0.234 e. The summed E-state index contributed by atoms with van der Waals surface area (Å²) in [6, 6.07) is 17.0. The maximum absolute atomic E-state index is 12.4. The summed E-state index contributed by atoms with van der Waals surface area (Å²) < 4.78 is 0. The zero-order valence-corrected chi connectivity index (χ0v) is 16.4. The van der Waals surface area contributed by atoms with Crippen molar-refractivity contribution in [1.29, 1.82) is 0 Å². The van der Waals surface area contributed by atoms with Crippen LogP contribution < -0.4 is 5.32 Å². The number of amides is 1. The molecule has 4 heteroatoms. The summed E-state index contributed by atoms with van der Waals surface area (Å²) in [4.78, 5) is 15.7. The second kappa shape index (κ2) is 9.64. The Hall–Kier alpha value is -1.78. The first-order valence-corrected chi connectivity index (χ1v) is 9.91. The van der Waals surface area contributed by atoms with Crippen LogP contribution in [-0.2, 0) is 11.3 Å². The lowest BCUT2D eigenvalue weighted by Crippen LogP contribution is -2.36. The van der Waals surface area contributed by atoms with E-state index >= 15 is 0 Å². The Morgan fingerprint density at radius 1 is 1.12 bits per heavy atom. The van der Waals surface area contributed by atoms with Gasteiger partial charge >= 0.3 is 0 Å². The van der Waals surface area contributed by atoms with E-state index in [2.05, 4.69) is 74.0 Å². The number of benzene rings is 2. The second-order valence-corrected chi connectivity index (χ2v) is 7.34. The predicted octanol–water partition coefficient (Wildman–Crippen LogP) is 4.42. The van der Waals surface area contributed by atoms with Crippen LogP contribution in [0.1, 0.15) is 36.1 Å². The van der Waals surface area contributed by atoms with E-state index in [4.69, 9.17) is 0 Å². The van der Waals surface area contributed by atoms with Gasteiger partial charge < -0.3 is 5.32 Å². The monoisotopic (exact) mass is 356 g/mol. The number of carbonyl (C=O) groups is 1. The molecular formula is C21H28N2OS. The fourth-order valence-corrected chi connectivity index (χ4v) is 3.21. The summed E-state index contributed by atoms with van der Waals surface area (Å²) in [6.45, 7) is 5.34. The zero-order chi connectivity index (χ0) is 18.2. The van der Waals surface area contributed by atoms with Crippen LogP contribution in [0, 0.1) is 6.92 Å². The summed E-state index contributed by atoms with van der Waals surface area (Å²) in [5.41, 5.74) is 3.62. The molecule has 1 N–H and O–H groups in total. The van der Waals surface area contributed by atoms with E-state index in [9.17, 15) is 4.79 Å². The molecule has 0 aliphatic carbocycles. The molecule has 0 fully saturated rings. The van der Waals surface area contributed by atoms with E-state index in [0.29, 0.717) is 6.54 Å². The highest BCUT2D eigenvalue weighted by molar-refractivity contribution is 7.98. The average molecular weight is 357 g/mol. The van der Waals surface area contributed by atoms with Crippen molar-refractivity contribution in [2.75, 3.05) is 19.8 Å². The number of hydrogen-bond acceptors (Lipinski definition) is 3. The average Bonchev–Trinajstić information content (AvgIpc) is 2.61. The maximum atomic E-state index is 12.4. The zero-order valence-electron chi connectivity index (χ0n) is 15.6. The van der Waals surface area contributed by atoms with E-state index in [1.165, 1.54) is 16.0 Å². The molecule has 25 heavy (non-hydrogen) atoms. The van der Waals surface area contributed by atoms with Crippen molar-refractivity contribution in [3.05, 3.63) is 65.2 Å². The first kappa shape index (κ1) is 19.5. The standard InChI is InChI=1S/C21H28N2OS/c1-5-20(18-10-6-16(2)7-11-18)22-21(24)15-23(3)14-17-8-12-19(25-4)13-9-17/h6-13,20H,5,14-15H2,1-4H3,(H,22,24)/t20-/m1/s1. The Labute approximate surface area is 155 Å². The summed E-state index contributed by atoms with van der Waals surface area (Å²) in [5, 5.41) is 3.15. The minimum atomic E-state index is 0.0654. The largest absolute Gasteiger partial charge is 0.348 e. The third-order valence-corrected chi connectivity index (χ3v) is 4.99. The van der Waals surface area contributed by atoms with Gasteiger partial charge in [0.1, 0.15) is 0 Å². The number of nitrogens with one attached hydrogen (secondary N) is 1. The summed E-state index contributed by atoms with van der Waals surface area (Å²) in [6.07, 6.45) is 2.96. The fraction of sp³-hybridized carbons (Fsp3) is 0.381. The molecule has 1 atom stereocenters. The molecule has 2 aromatic rings. The number of thioether (sulfide) groups is 1. The summed E-state index contributed by atoms with van der Waals surface area (Å²) >= 11 is 1.74. The van der Waals surface area contributed by atoms with Gasteiger partial charge in [-0.2, -0.15) is 0 Å². The molecule has 0 spiro atoms. The van der Waals surface area contributed by atoms with Crippen LogP contribution >= 0.6 is 11.8 Å². The highest BCUT2D eigenvalue weighted by Gasteiger charge is 2.14. The molecule has 0 heterocycles. The Balaban J connectivity index is 1.87. The minimum Gasteiger partial charge on any atom is -0.348 e. The number of hydrogen-bond donors (Lipinski definition) is 1. The van der Waals surface area contributed by atoms with Gasteiger partial charge in [-0.25, -0.2) is 0 Å². The Kier molecular flexibility index (Phi) is 7.53. The molecular weight excluding hydrogens is 328 g/mol. The first-order chi connectivity index (χ1) is 12.0. The third-order valence-electron chi connectivity index (χ3n) is 4.25. The Morgan fingerprint density at radius 2 is 1.76 bits per heavy atom. The van der Waals surface area contributed by atoms with E-state index in [1.54, 1.807) is 11.8 Å². The van der Waals surface area contributed by atoms with Crippen LogP contribution in [0.5, 0.6) is 0 Å². The number of likely N-dealkylation sites (N-methyl/N-ethyl adjacent to an activating group) is 1. The lowest BCUT2D eigenvalue weighted by Gasteiger charge is -2.21. The van der Waals surface area contributed by atoms with Crippen molar-refractivity contribution in [2.45, 2.75) is 37.8 Å². The van der Waals surface area contributed by atoms with Crippen molar-refractivity contribution in [3.63, 3.8) is 0 Å². The van der Waals surface area contributed by atoms with Crippen LogP contribution in [-0.4, -0.2) is 30.7 Å². The molecule has 2 rings (SSSR count). The molecule has 0 saturated carbocycles. The molecule has 0 aromatic heterocycles. The van der Waals surface area contributed by atoms with E-state index in [-0.39, 0.29) is 11.9 Å². The van der Waals surface area contributed by atoms with Gasteiger partial charge in [0, 0.05) is 11.4 Å². The van der Waals surface area contributed by atoms with Crippen LogP contribution in [0.3, 0.4) is 0 Å². The second-order valence-electron chi connectivity index (χ2n) is 6.46. The number of aryl methyl sites for hydroxylation is 1. The van der Waals surface area contributed by atoms with Crippen molar-refractivity contribution in [2.24, 2.45) is 0 Å². The van der Waals surface area contributed by atoms with Gasteiger partial charge in [-0.05, 0) is 49.9 Å². The van der Waals surface area contributed by atoms with Crippen molar-refractivity contribution >= 4 is 17.7 Å². The van der Waals surface area contributed by atoms with Crippen molar-refractivity contribution in [1.82, 2.24) is 10.2 Å². The lowest BCUT2D eigenvalue weighted by atomic mass is 10.0. The smallest absolute Gasteiger partial charge is 0.234 e. The molecule has 0 bridgehead atoms. The van der Waals surface area contributed by atoms with Gasteiger partial charge in [-0.3, -0.25) is 9.69 Å². The van der Waals surface area contributed by atoms with Gasteiger partial charge in [0.15, 0.2) is 0 Å². The number of rotatable bonds is 8. The van der Waals surface area contributed by atoms with Gasteiger partial charge in [-0.15, -0.1) is 11.8 Å². The Bertz CT molecular complexity index is 667. The van der Waals surface area contributed by atoms with Crippen molar-refractivity contribution < 1.29 is 4.79 Å². The topological polar surface area (TPSA) is 32.3 Å². The van der Waals surface area contributed by atoms with Crippen LogP contribution in [0.25, 0.3) is 0 Å². The van der Waals surface area contributed by atoms with Gasteiger partial charge in [-0.1, -0.05) is 48.9 Å². The van der Waals surface area contributed by atoms with Crippen LogP contribution in [0.4, 0.5) is 0 Å². The molecule has 0 radical (unpaired) electrons. The quantitative estimate of drug-likeness (QED) is 0.711. The summed E-state index contributed by atoms with van der Waals surface area (Å²) in [5.74, 6) is 0.0654. The molecule has 0 aliphatic heterocycles. The normalized spacial score (nSPS) is 12.2. The third kappa shape index (κ3) is 6.22. The molecule has 2 aromatic carbocycles. The molecule has 0 aliphatic rings. The van der Waals surface area contributed by atoms with E-state index < -0.39 is 0 Å².